The molecule has 0 spiro atoms. The molecule has 7 heteroatoms. The molecule has 0 saturated carbocycles. The Morgan fingerprint density at radius 1 is 0.852 bits per heavy atom. The van der Waals surface area contributed by atoms with Gasteiger partial charge in [0.15, 0.2) is 11.6 Å². The highest BCUT2D eigenvalue weighted by Gasteiger charge is 2.60. The quantitative estimate of drug-likeness (QED) is 0.467. The van der Waals surface area contributed by atoms with Crippen molar-refractivity contribution in [2.45, 2.75) is 36.6 Å². The van der Waals surface area contributed by atoms with Crippen LogP contribution in [-0.2, 0) is 5.60 Å². The Balaban J connectivity index is 2.00. The summed E-state index contributed by atoms with van der Waals surface area (Å²) in [6.45, 7) is 0. The van der Waals surface area contributed by atoms with Crippen LogP contribution in [0.25, 0.3) is 11.1 Å². The summed E-state index contributed by atoms with van der Waals surface area (Å²) in [5.41, 5.74) is -0.958. The van der Waals surface area contributed by atoms with E-state index in [9.17, 15) is 35.1 Å². The third kappa shape index (κ3) is 1.76. The van der Waals surface area contributed by atoms with Crippen molar-refractivity contribution in [2.24, 2.45) is 0 Å². The summed E-state index contributed by atoms with van der Waals surface area (Å²) in [5.74, 6) is -2.66. The van der Waals surface area contributed by atoms with Crippen molar-refractivity contribution < 1.29 is 35.1 Å². The van der Waals surface area contributed by atoms with Gasteiger partial charge in [0.2, 0.25) is 0 Å². The van der Waals surface area contributed by atoms with Crippen molar-refractivity contribution in [3.8, 4) is 22.6 Å². The second kappa shape index (κ2) is 4.95. The fourth-order valence-electron chi connectivity index (χ4n) is 5.05. The average Bonchev–Trinajstić information content (AvgIpc) is 2.59. The fraction of sp³-hybridized carbons (Fsp3) is 0.300. The number of carbonyl (C=O) groups excluding carboxylic acids is 2. The number of aliphatic hydroxyl groups is 3. The van der Waals surface area contributed by atoms with Gasteiger partial charge in [-0.2, -0.15) is 0 Å². The lowest BCUT2D eigenvalue weighted by molar-refractivity contribution is -0.127. The maximum atomic E-state index is 12.5. The monoisotopic (exact) mass is 368 g/mol. The van der Waals surface area contributed by atoms with E-state index in [2.05, 4.69) is 0 Å². The maximum Gasteiger partial charge on any atom is 0.169 e. The molecule has 0 radical (unpaired) electrons. The molecule has 2 aromatic rings. The molecule has 0 fully saturated rings. The predicted molar refractivity (Wildman–Crippen MR) is 91.8 cm³/mol. The zero-order chi connectivity index (χ0) is 19.2. The molecule has 5 N–H and O–H groups in total. The molecule has 138 valence electrons. The number of aliphatic hydroxyl groups excluding tert-OH is 2. The van der Waals surface area contributed by atoms with Crippen molar-refractivity contribution in [1.29, 1.82) is 0 Å². The van der Waals surface area contributed by atoms with Crippen LogP contribution in [0.3, 0.4) is 0 Å². The second-order valence-electron chi connectivity index (χ2n) is 7.44. The van der Waals surface area contributed by atoms with Gasteiger partial charge in [-0.3, -0.25) is 9.59 Å². The van der Waals surface area contributed by atoms with Gasteiger partial charge in [-0.25, -0.2) is 0 Å². The molecule has 27 heavy (non-hydrogen) atoms. The lowest BCUT2D eigenvalue weighted by Crippen LogP contribution is -2.56. The van der Waals surface area contributed by atoms with E-state index in [1.165, 1.54) is 18.2 Å². The first-order valence-corrected chi connectivity index (χ1v) is 8.64. The molecule has 0 unspecified atom stereocenters. The number of ketones is 2. The lowest BCUT2D eigenvalue weighted by atomic mass is 9.57. The molecule has 4 atom stereocenters. The minimum Gasteiger partial charge on any atom is -0.507 e. The molecule has 2 aromatic carbocycles. The standard InChI is InChI=1S/C20H16O7/c21-9-3-1-7-8-2-4-10(22)17-12(24)6-14(26)20(27,18(8)17)19-13(25)5-11(23)16(9)15(7)19/h1-4,13-14,19,21-22,25-27H,5-6H2/t13-,14+,19-,20-/m0/s1. The summed E-state index contributed by atoms with van der Waals surface area (Å²) in [6, 6.07) is 5.72. The van der Waals surface area contributed by atoms with Crippen LogP contribution in [0.15, 0.2) is 24.3 Å². The average molecular weight is 368 g/mol. The first-order valence-electron chi connectivity index (χ1n) is 8.64. The van der Waals surface area contributed by atoms with Crippen LogP contribution < -0.4 is 0 Å². The molecule has 0 amide bonds. The number of aromatic hydroxyl groups is 2. The van der Waals surface area contributed by atoms with Gasteiger partial charge in [-0.15, -0.1) is 0 Å². The SMILES string of the molecule is O=C1C[C@H](O)[C@H]2c3c(ccc(O)c31)-c1ccc(O)c3c1[C@@]2(O)[C@H](O)CC3=O. The molecule has 0 bridgehead atoms. The highest BCUT2D eigenvalue weighted by molar-refractivity contribution is 6.08. The highest BCUT2D eigenvalue weighted by Crippen LogP contribution is 2.60. The van der Waals surface area contributed by atoms with Crippen LogP contribution in [0.1, 0.15) is 50.6 Å². The van der Waals surface area contributed by atoms with Gasteiger partial charge >= 0.3 is 0 Å². The Labute approximate surface area is 153 Å². The molecular weight excluding hydrogens is 352 g/mol. The Morgan fingerprint density at radius 2 is 1.44 bits per heavy atom. The molecule has 3 aliphatic rings. The van der Waals surface area contributed by atoms with Gasteiger partial charge in [0.1, 0.15) is 17.1 Å². The fourth-order valence-corrected chi connectivity index (χ4v) is 5.05. The Morgan fingerprint density at radius 3 is 2.15 bits per heavy atom. The smallest absolute Gasteiger partial charge is 0.169 e. The van der Waals surface area contributed by atoms with Crippen LogP contribution >= 0.6 is 0 Å². The Bertz CT molecular complexity index is 1060. The Kier molecular flexibility index (Phi) is 3.01. The highest BCUT2D eigenvalue weighted by atomic mass is 16.3. The zero-order valence-corrected chi connectivity index (χ0v) is 14.0. The number of hydrogen-bond acceptors (Lipinski definition) is 7. The summed E-state index contributed by atoms with van der Waals surface area (Å²) < 4.78 is 0. The van der Waals surface area contributed by atoms with Gasteiger partial charge < -0.3 is 25.5 Å². The number of hydrogen-bond donors (Lipinski definition) is 5. The van der Waals surface area contributed by atoms with Gasteiger partial charge in [0, 0.05) is 24.3 Å². The first kappa shape index (κ1) is 16.4. The third-order valence-corrected chi connectivity index (χ3v) is 6.11. The largest absolute Gasteiger partial charge is 0.507 e. The summed E-state index contributed by atoms with van der Waals surface area (Å²) in [7, 11) is 0. The van der Waals surface area contributed by atoms with Crippen molar-refractivity contribution in [2.75, 3.05) is 0 Å². The molecule has 0 aliphatic heterocycles. The molecule has 0 aromatic heterocycles. The molecule has 0 saturated heterocycles. The van der Waals surface area contributed by atoms with Gasteiger partial charge in [0.25, 0.3) is 0 Å². The summed E-state index contributed by atoms with van der Waals surface area (Å²) in [5, 5.41) is 53.5. The normalized spacial score (nSPS) is 30.7. The minimum atomic E-state index is -2.08. The van der Waals surface area contributed by atoms with Crippen molar-refractivity contribution in [3.05, 3.63) is 46.5 Å². The summed E-state index contributed by atoms with van der Waals surface area (Å²) >= 11 is 0. The number of rotatable bonds is 0. The van der Waals surface area contributed by atoms with E-state index < -0.39 is 41.7 Å². The third-order valence-electron chi connectivity index (χ3n) is 6.11. The van der Waals surface area contributed by atoms with E-state index in [0.29, 0.717) is 11.1 Å². The summed E-state index contributed by atoms with van der Waals surface area (Å²) in [4.78, 5) is 25.0. The Hall–Kier alpha value is -2.74. The van der Waals surface area contributed by atoms with E-state index in [1.54, 1.807) is 6.07 Å². The van der Waals surface area contributed by atoms with Crippen molar-refractivity contribution >= 4 is 11.6 Å². The first-order chi connectivity index (χ1) is 12.8. The van der Waals surface area contributed by atoms with Crippen LogP contribution in [0.4, 0.5) is 0 Å². The van der Waals surface area contributed by atoms with E-state index in [0.717, 1.165) is 0 Å². The second-order valence-corrected chi connectivity index (χ2v) is 7.44. The van der Waals surface area contributed by atoms with Crippen LogP contribution in [0.5, 0.6) is 11.5 Å². The van der Waals surface area contributed by atoms with Crippen LogP contribution in [0.2, 0.25) is 0 Å². The van der Waals surface area contributed by atoms with E-state index >= 15 is 0 Å². The maximum absolute atomic E-state index is 12.5. The molecule has 7 nitrogen and oxygen atoms in total. The van der Waals surface area contributed by atoms with Crippen molar-refractivity contribution in [1.82, 2.24) is 0 Å². The van der Waals surface area contributed by atoms with Crippen LogP contribution in [0, 0.1) is 0 Å². The number of carbonyl (C=O) groups is 2. The van der Waals surface area contributed by atoms with Gasteiger partial charge in [0.05, 0.1) is 23.3 Å². The number of phenolic OH excluding ortho intramolecular Hbond substituents is 2. The number of fused-ring (bicyclic) bond motifs is 2. The molecular formula is C20H16O7. The van der Waals surface area contributed by atoms with E-state index in [1.807, 2.05) is 0 Å². The van der Waals surface area contributed by atoms with Gasteiger partial charge in [-0.1, -0.05) is 12.1 Å². The predicted octanol–water partition coefficient (Wildman–Crippen LogP) is 0.944. The molecule has 3 aliphatic carbocycles. The number of Topliss-reactive ketones (excluding diaryl/α,β-unsaturated/α-hetero) is 2. The summed E-state index contributed by atoms with van der Waals surface area (Å²) in [6.07, 6.45) is -3.61. The minimum absolute atomic E-state index is 0.0144. The van der Waals surface area contributed by atoms with E-state index in [4.69, 9.17) is 0 Å². The lowest BCUT2D eigenvalue weighted by Gasteiger charge is -2.51. The topological polar surface area (TPSA) is 135 Å². The molecule has 5 rings (SSSR count). The van der Waals surface area contributed by atoms with Crippen LogP contribution in [-0.4, -0.2) is 49.3 Å². The van der Waals surface area contributed by atoms with E-state index in [-0.39, 0.29) is 40.2 Å². The molecule has 0 heterocycles. The number of phenols is 2. The van der Waals surface area contributed by atoms with Gasteiger partial charge in [-0.05, 0) is 28.8 Å². The zero-order valence-electron chi connectivity index (χ0n) is 14.0. The number of benzene rings is 2. The van der Waals surface area contributed by atoms with Crippen molar-refractivity contribution in [3.63, 3.8) is 0 Å².